The van der Waals surface area contributed by atoms with Gasteiger partial charge in [0.05, 0.1) is 5.92 Å². The fourth-order valence-electron chi connectivity index (χ4n) is 4.37. The van der Waals surface area contributed by atoms with E-state index in [1.165, 1.54) is 19.1 Å². The number of esters is 1. The Kier molecular flexibility index (Phi) is 14.6. The number of aryl methyl sites for hydroxylation is 1. The second-order valence-electron chi connectivity index (χ2n) is 10.2. The topological polar surface area (TPSA) is 87.0 Å². The largest absolute Gasteiger partial charge is 0.457 e. The molecule has 4 rings (SSSR count). The molecule has 242 valence electrons. The molecule has 0 saturated carbocycles. The molecular weight excluding hydrogens is 661 g/mol. The summed E-state index contributed by atoms with van der Waals surface area (Å²) in [6, 6.07) is 31.3. The lowest BCUT2D eigenvalue weighted by Crippen LogP contribution is -2.22. The van der Waals surface area contributed by atoms with Crippen LogP contribution in [0, 0.1) is 24.2 Å². The van der Waals surface area contributed by atoms with Crippen LogP contribution in [0.15, 0.2) is 102 Å². The number of nitrogens with zero attached hydrogens (tertiary/aromatic N) is 1. The van der Waals surface area contributed by atoms with Crippen molar-refractivity contribution in [3.8, 4) is 23.3 Å². The predicted octanol–water partition coefficient (Wildman–Crippen LogP) is 10.3. The van der Waals surface area contributed by atoms with E-state index in [4.69, 9.17) is 46.5 Å². The molecule has 0 aliphatic heterocycles. The van der Waals surface area contributed by atoms with E-state index in [0.717, 1.165) is 11.1 Å². The molecule has 0 spiro atoms. The van der Waals surface area contributed by atoms with E-state index in [0.29, 0.717) is 27.8 Å². The maximum Gasteiger partial charge on any atom is 0.380 e. The number of para-hydroxylation sites is 1. The van der Waals surface area contributed by atoms with E-state index < -0.39 is 24.7 Å². The lowest BCUT2D eigenvalue weighted by molar-refractivity contribution is -0.150. The first-order chi connectivity index (χ1) is 22.0. The third-order valence-corrected chi connectivity index (χ3v) is 10.3. The zero-order chi connectivity index (χ0) is 33.7. The van der Waals surface area contributed by atoms with Gasteiger partial charge in [-0.3, -0.25) is 4.79 Å². The first kappa shape index (κ1) is 37.1. The molecule has 0 bridgehead atoms. The van der Waals surface area contributed by atoms with Gasteiger partial charge in [-0.15, -0.1) is 11.8 Å². The van der Waals surface area contributed by atoms with Crippen molar-refractivity contribution in [2.75, 3.05) is 20.5 Å². The molecule has 2 atom stereocenters. The van der Waals surface area contributed by atoms with Gasteiger partial charge in [-0.1, -0.05) is 67.9 Å². The summed E-state index contributed by atoms with van der Waals surface area (Å²) in [5.41, 5.74) is 2.51. The van der Waals surface area contributed by atoms with Gasteiger partial charge in [0.1, 0.15) is 23.3 Å². The van der Waals surface area contributed by atoms with Gasteiger partial charge in [-0.2, -0.15) is 5.26 Å². The zero-order valence-electron chi connectivity index (χ0n) is 26.5. The summed E-state index contributed by atoms with van der Waals surface area (Å²) in [5, 5.41) is 10.2. The summed E-state index contributed by atoms with van der Waals surface area (Å²) < 4.78 is 27.1. The van der Waals surface area contributed by atoms with Gasteiger partial charge in [-0.25, -0.2) is 0 Å². The normalized spacial score (nSPS) is 12.2. The summed E-state index contributed by atoms with van der Waals surface area (Å²) in [6.07, 6.45) is 1.00. The van der Waals surface area contributed by atoms with Gasteiger partial charge in [0.2, 0.25) is 6.10 Å². The minimum absolute atomic E-state index is 0.00855. The molecule has 0 saturated heterocycles. The van der Waals surface area contributed by atoms with Crippen LogP contribution in [0.3, 0.4) is 0 Å². The molecule has 0 aliphatic rings. The molecular formula is C35H37ClNO6PS2. The lowest BCUT2D eigenvalue weighted by atomic mass is 9.88. The van der Waals surface area contributed by atoms with E-state index >= 15 is 0 Å². The summed E-state index contributed by atoms with van der Waals surface area (Å²) in [4.78, 5) is 14.2. The number of nitriles is 1. The highest BCUT2D eigenvalue weighted by atomic mass is 35.5. The maximum atomic E-state index is 13.0. The number of rotatable bonds is 12. The monoisotopic (exact) mass is 697 g/mol. The van der Waals surface area contributed by atoms with Gasteiger partial charge >= 0.3 is 12.7 Å². The molecule has 0 fully saturated rings. The van der Waals surface area contributed by atoms with E-state index in [2.05, 4.69) is 6.07 Å². The summed E-state index contributed by atoms with van der Waals surface area (Å²) >= 11 is 12.8. The molecule has 46 heavy (non-hydrogen) atoms. The Labute approximate surface area is 286 Å². The van der Waals surface area contributed by atoms with E-state index in [1.807, 2.05) is 87.7 Å². The third-order valence-electron chi connectivity index (χ3n) is 6.67. The average Bonchev–Trinajstić information content (AvgIpc) is 3.05. The van der Waals surface area contributed by atoms with Crippen molar-refractivity contribution in [1.82, 2.24) is 0 Å². The number of benzene rings is 4. The Morgan fingerprint density at radius 2 is 1.52 bits per heavy atom. The second kappa shape index (κ2) is 18.1. The van der Waals surface area contributed by atoms with Gasteiger partial charge in [0, 0.05) is 41.5 Å². The Balaban J connectivity index is 0.000000304. The molecule has 2 unspecified atom stereocenters. The van der Waals surface area contributed by atoms with E-state index in [9.17, 15) is 10.1 Å². The summed E-state index contributed by atoms with van der Waals surface area (Å²) in [7, 11) is 2.99. The Hall–Kier alpha value is -3.35. The molecule has 4 aromatic rings. The van der Waals surface area contributed by atoms with Crippen LogP contribution in [-0.4, -0.2) is 26.4 Å². The number of halogens is 1. The van der Waals surface area contributed by atoms with E-state index in [1.54, 1.807) is 48.2 Å². The molecule has 11 heteroatoms. The van der Waals surface area contributed by atoms with Crippen molar-refractivity contribution < 1.29 is 27.8 Å². The first-order valence-electron chi connectivity index (χ1n) is 14.3. The number of ether oxygens (including phenoxy) is 2. The zero-order valence-corrected chi connectivity index (χ0v) is 29.8. The smallest absolute Gasteiger partial charge is 0.380 e. The van der Waals surface area contributed by atoms with Gasteiger partial charge < -0.3 is 23.0 Å². The predicted molar refractivity (Wildman–Crippen MR) is 188 cm³/mol. The van der Waals surface area contributed by atoms with Crippen LogP contribution in [0.1, 0.15) is 42.6 Å². The number of carbonyl (C=O) groups is 1. The van der Waals surface area contributed by atoms with Crippen LogP contribution < -0.4 is 9.26 Å². The van der Waals surface area contributed by atoms with Gasteiger partial charge in [0.25, 0.3) is 0 Å². The summed E-state index contributed by atoms with van der Waals surface area (Å²) in [6.45, 7) is 3.29. The fraction of sp³-hybridized carbons (Fsp3) is 0.257. The SMILES string of the molecule is CC(C)C(C(=O)OC(C#N)c1cccc(Oc2ccccc2)c1)c1ccc(Cl)cc1.COP(=S)(OC)Oc1ccc(SC)c(C)c1. The number of thioether (sulfide) groups is 1. The summed E-state index contributed by atoms with van der Waals surface area (Å²) in [5.74, 6) is 0.971. The van der Waals surface area contributed by atoms with Crippen molar-refractivity contribution in [1.29, 1.82) is 5.26 Å². The molecule has 7 nitrogen and oxygen atoms in total. The second-order valence-corrected chi connectivity index (χ2v) is 14.7. The van der Waals surface area contributed by atoms with Crippen LogP contribution in [0.2, 0.25) is 5.02 Å². The number of carbonyl (C=O) groups excluding carboxylic acids is 1. The highest BCUT2D eigenvalue weighted by molar-refractivity contribution is 8.07. The number of hydrogen-bond donors (Lipinski definition) is 0. The molecule has 0 N–H and O–H groups in total. The minimum atomic E-state index is -2.62. The molecule has 0 radical (unpaired) electrons. The van der Waals surface area contributed by atoms with Gasteiger partial charge in [0.15, 0.2) is 0 Å². The third kappa shape index (κ3) is 10.9. The van der Waals surface area contributed by atoms with Crippen molar-refractivity contribution in [2.24, 2.45) is 5.92 Å². The maximum absolute atomic E-state index is 13.0. The van der Waals surface area contributed by atoms with Crippen molar-refractivity contribution in [2.45, 2.75) is 37.7 Å². The average molecular weight is 698 g/mol. The Bertz CT molecular complexity index is 1660. The van der Waals surface area contributed by atoms with Crippen LogP contribution in [0.5, 0.6) is 17.2 Å². The minimum Gasteiger partial charge on any atom is -0.457 e. The van der Waals surface area contributed by atoms with Crippen LogP contribution in [0.25, 0.3) is 0 Å². The van der Waals surface area contributed by atoms with Crippen molar-refractivity contribution >= 4 is 47.9 Å². The van der Waals surface area contributed by atoms with Gasteiger partial charge in [-0.05, 0) is 84.8 Å². The molecule has 0 heterocycles. The fourth-order valence-corrected chi connectivity index (χ4v) is 6.01. The van der Waals surface area contributed by atoms with Crippen molar-refractivity contribution in [3.63, 3.8) is 0 Å². The Morgan fingerprint density at radius 3 is 2.09 bits per heavy atom. The highest BCUT2D eigenvalue weighted by Gasteiger charge is 2.29. The number of hydrogen-bond acceptors (Lipinski definition) is 9. The highest BCUT2D eigenvalue weighted by Crippen LogP contribution is 2.48. The quantitative estimate of drug-likeness (QED) is 0.0815. The first-order valence-corrected chi connectivity index (χ1v) is 18.4. The Morgan fingerprint density at radius 1 is 0.870 bits per heavy atom. The van der Waals surface area contributed by atoms with Crippen LogP contribution in [-0.2, 0) is 30.4 Å². The van der Waals surface area contributed by atoms with E-state index in [-0.39, 0.29) is 5.92 Å². The van der Waals surface area contributed by atoms with Crippen LogP contribution >= 0.6 is 30.1 Å². The lowest BCUT2D eigenvalue weighted by Gasteiger charge is -2.22. The molecule has 4 aromatic carbocycles. The molecule has 0 aromatic heterocycles. The van der Waals surface area contributed by atoms with Crippen molar-refractivity contribution in [3.05, 3.63) is 119 Å². The van der Waals surface area contributed by atoms with Crippen LogP contribution in [0.4, 0.5) is 0 Å². The molecule has 0 aliphatic carbocycles. The standard InChI is InChI=1S/C25H22ClNO3.C10H15O3PS2/c1-17(2)24(18-11-13-20(26)14-12-18)25(28)30-23(16-27)19-7-6-10-22(15-19)29-21-8-4-3-5-9-21;1-8-7-9(5-6-10(8)16-4)13-14(15,11-2)12-3/h3-15,17,23-24H,1-2H3;5-7H,1-4H3. The molecule has 0 amide bonds.